The Morgan fingerprint density at radius 3 is 2.69 bits per heavy atom. The van der Waals surface area contributed by atoms with Crippen LogP contribution in [-0.2, 0) is 16.0 Å². The van der Waals surface area contributed by atoms with Gasteiger partial charge >= 0.3 is 5.97 Å². The number of carbonyl (C=O) groups is 1. The molecule has 150 valence electrons. The third-order valence-electron chi connectivity index (χ3n) is 4.46. The average molecular weight is 415 g/mol. The first-order valence-corrected chi connectivity index (χ1v) is 9.60. The van der Waals surface area contributed by atoms with Crippen molar-refractivity contribution in [2.24, 2.45) is 0 Å². The molecule has 0 fully saturated rings. The molecular formula is C22H20ClFN2O3. The number of aromatic nitrogens is 2. The number of nitrogens with zero attached hydrogens (tertiary/aromatic N) is 2. The number of hydrogen-bond donors (Lipinski definition) is 0. The SMILES string of the molecule is CCOC(=O)/C=C/c1cc2c(=O)n(-c3ccc(Cl)cc3C)c(CC)nc2cc1F. The number of aryl methyl sites for hydroxylation is 2. The van der Waals surface area contributed by atoms with Gasteiger partial charge in [-0.25, -0.2) is 14.2 Å². The first-order valence-electron chi connectivity index (χ1n) is 9.22. The quantitative estimate of drug-likeness (QED) is 0.451. The molecule has 7 heteroatoms. The van der Waals surface area contributed by atoms with E-state index in [4.69, 9.17) is 16.3 Å². The molecule has 1 heterocycles. The van der Waals surface area contributed by atoms with E-state index in [1.165, 1.54) is 22.8 Å². The summed E-state index contributed by atoms with van der Waals surface area (Å²) in [6.07, 6.45) is 2.90. The number of benzene rings is 2. The van der Waals surface area contributed by atoms with Gasteiger partial charge < -0.3 is 4.74 Å². The van der Waals surface area contributed by atoms with E-state index in [1.807, 2.05) is 13.8 Å². The summed E-state index contributed by atoms with van der Waals surface area (Å²) in [5.41, 5.74) is 1.54. The Bertz CT molecular complexity index is 1180. The second kappa shape index (κ2) is 8.57. The summed E-state index contributed by atoms with van der Waals surface area (Å²) in [5, 5.41) is 0.820. The minimum atomic E-state index is -0.583. The molecule has 0 amide bonds. The number of hydrogen-bond acceptors (Lipinski definition) is 4. The smallest absolute Gasteiger partial charge is 0.330 e. The number of fused-ring (bicyclic) bond motifs is 1. The summed E-state index contributed by atoms with van der Waals surface area (Å²) in [6, 6.07) is 7.84. The van der Waals surface area contributed by atoms with Crippen LogP contribution in [0, 0.1) is 12.7 Å². The highest BCUT2D eigenvalue weighted by Crippen LogP contribution is 2.22. The predicted octanol–water partition coefficient (Wildman–Crippen LogP) is 4.63. The Balaban J connectivity index is 2.23. The van der Waals surface area contributed by atoms with E-state index in [2.05, 4.69) is 4.98 Å². The zero-order valence-corrected chi connectivity index (χ0v) is 17.1. The maximum Gasteiger partial charge on any atom is 0.330 e. The maximum absolute atomic E-state index is 14.5. The molecule has 3 aromatic rings. The summed E-state index contributed by atoms with van der Waals surface area (Å²) in [5.74, 6) is -0.643. The summed E-state index contributed by atoms with van der Waals surface area (Å²) in [6.45, 7) is 5.64. The summed E-state index contributed by atoms with van der Waals surface area (Å²) >= 11 is 6.04. The molecule has 2 aromatic carbocycles. The third kappa shape index (κ3) is 4.22. The molecule has 5 nitrogen and oxygen atoms in total. The van der Waals surface area contributed by atoms with Gasteiger partial charge in [-0.3, -0.25) is 9.36 Å². The highest BCUT2D eigenvalue weighted by molar-refractivity contribution is 6.30. The Morgan fingerprint density at radius 2 is 2.03 bits per heavy atom. The molecule has 29 heavy (non-hydrogen) atoms. The molecule has 0 radical (unpaired) electrons. The number of rotatable bonds is 5. The van der Waals surface area contributed by atoms with Gasteiger partial charge in [-0.15, -0.1) is 0 Å². The van der Waals surface area contributed by atoms with Gasteiger partial charge in [0, 0.05) is 29.1 Å². The topological polar surface area (TPSA) is 61.2 Å². The Labute approximate surface area is 172 Å². The van der Waals surface area contributed by atoms with Gasteiger partial charge in [0.25, 0.3) is 5.56 Å². The second-order valence-electron chi connectivity index (χ2n) is 6.43. The number of carbonyl (C=O) groups excluding carboxylic acids is 1. The van der Waals surface area contributed by atoms with E-state index in [-0.39, 0.29) is 28.6 Å². The largest absolute Gasteiger partial charge is 0.463 e. The van der Waals surface area contributed by atoms with Crippen molar-refractivity contribution in [3.8, 4) is 5.69 Å². The van der Waals surface area contributed by atoms with Crippen molar-refractivity contribution in [2.45, 2.75) is 27.2 Å². The molecule has 1 aromatic heterocycles. The summed E-state index contributed by atoms with van der Waals surface area (Å²) in [4.78, 5) is 29.3. The lowest BCUT2D eigenvalue weighted by atomic mass is 10.1. The van der Waals surface area contributed by atoms with E-state index in [0.717, 1.165) is 11.6 Å². The molecular weight excluding hydrogens is 395 g/mol. The number of ether oxygens (including phenoxy) is 1. The van der Waals surface area contributed by atoms with Gasteiger partial charge in [0.15, 0.2) is 0 Å². The van der Waals surface area contributed by atoms with Crippen LogP contribution < -0.4 is 5.56 Å². The van der Waals surface area contributed by atoms with Crippen LogP contribution in [0.2, 0.25) is 5.02 Å². The predicted molar refractivity (Wildman–Crippen MR) is 112 cm³/mol. The fraction of sp³-hybridized carbons (Fsp3) is 0.227. The first kappa shape index (κ1) is 20.7. The number of halogens is 2. The van der Waals surface area contributed by atoms with E-state index < -0.39 is 11.8 Å². The second-order valence-corrected chi connectivity index (χ2v) is 6.87. The minimum absolute atomic E-state index is 0.105. The normalized spacial score (nSPS) is 11.3. The van der Waals surface area contributed by atoms with Gasteiger partial charge in [0.05, 0.1) is 23.2 Å². The molecule has 0 saturated heterocycles. The zero-order valence-electron chi connectivity index (χ0n) is 16.3. The van der Waals surface area contributed by atoms with Gasteiger partial charge in [0.2, 0.25) is 0 Å². The van der Waals surface area contributed by atoms with E-state index in [1.54, 1.807) is 25.1 Å². The van der Waals surface area contributed by atoms with Crippen molar-refractivity contribution in [1.29, 1.82) is 0 Å². The van der Waals surface area contributed by atoms with E-state index in [9.17, 15) is 14.0 Å². The van der Waals surface area contributed by atoms with Gasteiger partial charge in [-0.1, -0.05) is 18.5 Å². The summed E-state index contributed by atoms with van der Waals surface area (Å²) < 4.78 is 20.8. The average Bonchev–Trinajstić information content (AvgIpc) is 2.67. The molecule has 0 N–H and O–H groups in total. The molecule has 0 atom stereocenters. The maximum atomic E-state index is 14.5. The van der Waals surface area contributed by atoms with Crippen LogP contribution in [0.4, 0.5) is 4.39 Å². The van der Waals surface area contributed by atoms with Crippen LogP contribution in [0.25, 0.3) is 22.7 Å². The molecule has 0 spiro atoms. The van der Waals surface area contributed by atoms with Crippen molar-refractivity contribution in [3.63, 3.8) is 0 Å². The van der Waals surface area contributed by atoms with E-state index >= 15 is 0 Å². The molecule has 0 saturated carbocycles. The van der Waals surface area contributed by atoms with Gasteiger partial charge in [0.1, 0.15) is 11.6 Å². The Kier molecular flexibility index (Phi) is 6.13. The molecule has 0 aliphatic heterocycles. The lowest BCUT2D eigenvalue weighted by molar-refractivity contribution is -0.137. The lowest BCUT2D eigenvalue weighted by Gasteiger charge is -2.15. The van der Waals surface area contributed by atoms with Crippen LogP contribution in [0.1, 0.15) is 30.8 Å². The van der Waals surface area contributed by atoms with Crippen molar-refractivity contribution in [1.82, 2.24) is 9.55 Å². The van der Waals surface area contributed by atoms with Crippen molar-refractivity contribution < 1.29 is 13.9 Å². The van der Waals surface area contributed by atoms with Crippen LogP contribution in [-0.4, -0.2) is 22.1 Å². The fourth-order valence-electron chi connectivity index (χ4n) is 3.10. The lowest BCUT2D eigenvalue weighted by Crippen LogP contribution is -2.24. The standard InChI is InChI=1S/C22H20ClFN2O3/c1-4-20-25-18-12-17(24)14(6-9-21(27)29-5-2)11-16(18)22(28)26(20)19-8-7-15(23)10-13(19)3/h6-12H,4-5H2,1-3H3/b9-6+. The molecule has 0 aliphatic rings. The van der Waals surface area contributed by atoms with Crippen molar-refractivity contribution in [2.75, 3.05) is 6.61 Å². The molecule has 0 unspecified atom stereocenters. The highest BCUT2D eigenvalue weighted by atomic mass is 35.5. The van der Waals surface area contributed by atoms with Gasteiger partial charge in [-0.2, -0.15) is 0 Å². The van der Waals surface area contributed by atoms with Gasteiger partial charge in [-0.05, 0) is 49.8 Å². The fourth-order valence-corrected chi connectivity index (χ4v) is 3.33. The number of esters is 1. The Morgan fingerprint density at radius 1 is 1.28 bits per heavy atom. The van der Waals surface area contributed by atoms with Crippen molar-refractivity contribution in [3.05, 3.63) is 74.6 Å². The monoisotopic (exact) mass is 414 g/mol. The molecule has 0 bridgehead atoms. The highest BCUT2D eigenvalue weighted by Gasteiger charge is 2.15. The zero-order chi connectivity index (χ0) is 21.1. The Hall–Kier alpha value is -2.99. The molecule has 3 rings (SSSR count). The van der Waals surface area contributed by atoms with E-state index in [0.29, 0.717) is 23.0 Å². The van der Waals surface area contributed by atoms with Crippen LogP contribution in [0.15, 0.2) is 41.2 Å². The van der Waals surface area contributed by atoms with Crippen LogP contribution in [0.3, 0.4) is 0 Å². The third-order valence-corrected chi connectivity index (χ3v) is 4.69. The summed E-state index contributed by atoms with van der Waals surface area (Å²) in [7, 11) is 0. The molecule has 0 aliphatic carbocycles. The van der Waals surface area contributed by atoms with Crippen LogP contribution in [0.5, 0.6) is 0 Å². The van der Waals surface area contributed by atoms with Crippen molar-refractivity contribution >= 4 is 34.5 Å². The minimum Gasteiger partial charge on any atom is -0.463 e. The first-order chi connectivity index (χ1) is 13.8. The van der Waals surface area contributed by atoms with Crippen LogP contribution >= 0.6 is 11.6 Å².